The molecule has 0 aliphatic carbocycles. The van der Waals surface area contributed by atoms with Crippen molar-refractivity contribution < 1.29 is 18.0 Å². The fourth-order valence-electron chi connectivity index (χ4n) is 4.41. The molecule has 10 heteroatoms. The summed E-state index contributed by atoms with van der Waals surface area (Å²) < 4.78 is 39.6. The van der Waals surface area contributed by atoms with Gasteiger partial charge in [-0.1, -0.05) is 19.1 Å². The van der Waals surface area contributed by atoms with Gasteiger partial charge in [-0.15, -0.1) is 0 Å². The van der Waals surface area contributed by atoms with Gasteiger partial charge >= 0.3 is 6.18 Å². The second-order valence-electron chi connectivity index (χ2n) is 8.46. The van der Waals surface area contributed by atoms with Crippen molar-refractivity contribution in [1.29, 1.82) is 0 Å². The van der Waals surface area contributed by atoms with E-state index in [1.165, 1.54) is 6.92 Å². The molecular formula is C24H24F3N5O2. The van der Waals surface area contributed by atoms with Crippen LogP contribution in [0.2, 0.25) is 0 Å². The first-order chi connectivity index (χ1) is 16.1. The predicted molar refractivity (Wildman–Crippen MR) is 122 cm³/mol. The van der Waals surface area contributed by atoms with Crippen molar-refractivity contribution in [2.24, 2.45) is 5.92 Å². The van der Waals surface area contributed by atoms with Gasteiger partial charge in [0.05, 0.1) is 11.0 Å². The lowest BCUT2D eigenvalue weighted by Gasteiger charge is -2.31. The summed E-state index contributed by atoms with van der Waals surface area (Å²) in [5.41, 5.74) is 1.14. The summed E-state index contributed by atoms with van der Waals surface area (Å²) in [6, 6.07) is 5.26. The minimum Gasteiger partial charge on any atom is -0.354 e. The number of pyridine rings is 3. The van der Waals surface area contributed by atoms with Crippen molar-refractivity contribution in [2.45, 2.75) is 26.6 Å². The molecule has 0 radical (unpaired) electrons. The third kappa shape index (κ3) is 4.58. The van der Waals surface area contributed by atoms with Crippen LogP contribution in [0.15, 0.2) is 41.5 Å². The SMILES string of the molecule is CNC(=O)c1ccc(C2=CCN(Cc3cnc4c(C)c(C(F)(F)F)c(=O)[nH]c4c3)CC2C)cn1. The summed E-state index contributed by atoms with van der Waals surface area (Å²) in [6.45, 7) is 5.32. The van der Waals surface area contributed by atoms with Crippen LogP contribution in [0.25, 0.3) is 16.6 Å². The Labute approximate surface area is 193 Å². The number of nitrogens with zero attached hydrogens (tertiary/aromatic N) is 3. The van der Waals surface area contributed by atoms with E-state index in [2.05, 4.69) is 38.2 Å². The van der Waals surface area contributed by atoms with Gasteiger partial charge in [0.25, 0.3) is 11.5 Å². The number of hydrogen-bond donors (Lipinski definition) is 2. The number of carbonyl (C=O) groups is 1. The fourth-order valence-corrected chi connectivity index (χ4v) is 4.41. The van der Waals surface area contributed by atoms with Gasteiger partial charge in [0.1, 0.15) is 11.3 Å². The molecule has 0 saturated carbocycles. The summed E-state index contributed by atoms with van der Waals surface area (Å²) in [5, 5.41) is 2.55. The molecule has 0 spiro atoms. The zero-order valence-corrected chi connectivity index (χ0v) is 19.0. The summed E-state index contributed by atoms with van der Waals surface area (Å²) in [6.07, 6.45) is 0.627. The highest BCUT2D eigenvalue weighted by atomic mass is 19.4. The Hall–Kier alpha value is -3.53. The minimum atomic E-state index is -4.74. The van der Waals surface area contributed by atoms with E-state index in [9.17, 15) is 22.8 Å². The average Bonchev–Trinajstić information content (AvgIpc) is 2.77. The molecule has 0 saturated heterocycles. The van der Waals surface area contributed by atoms with Gasteiger partial charge < -0.3 is 10.3 Å². The van der Waals surface area contributed by atoms with E-state index < -0.39 is 17.3 Å². The molecular weight excluding hydrogens is 447 g/mol. The molecule has 0 bridgehead atoms. The van der Waals surface area contributed by atoms with Crippen molar-refractivity contribution in [2.75, 3.05) is 20.1 Å². The Kier molecular flexibility index (Phi) is 6.26. The molecule has 178 valence electrons. The molecule has 1 aliphatic heterocycles. The molecule has 1 aliphatic rings. The van der Waals surface area contributed by atoms with Crippen LogP contribution in [0.1, 0.15) is 39.7 Å². The first-order valence-electron chi connectivity index (χ1n) is 10.8. The van der Waals surface area contributed by atoms with E-state index in [1.807, 2.05) is 6.07 Å². The van der Waals surface area contributed by atoms with Crippen molar-refractivity contribution in [3.63, 3.8) is 0 Å². The number of halogens is 3. The van der Waals surface area contributed by atoms with Crippen LogP contribution in [-0.2, 0) is 12.7 Å². The number of hydrogen-bond acceptors (Lipinski definition) is 5. The number of fused-ring (bicyclic) bond motifs is 1. The zero-order chi connectivity index (χ0) is 24.6. The van der Waals surface area contributed by atoms with Gasteiger partial charge in [-0.25, -0.2) is 0 Å². The lowest BCUT2D eigenvalue weighted by molar-refractivity contribution is -0.139. The number of aromatic amines is 1. The number of aryl methyl sites for hydroxylation is 1. The molecule has 4 heterocycles. The van der Waals surface area contributed by atoms with Gasteiger partial charge in [0, 0.05) is 39.1 Å². The molecule has 0 aromatic carbocycles. The second-order valence-corrected chi connectivity index (χ2v) is 8.46. The topological polar surface area (TPSA) is 91.0 Å². The third-order valence-electron chi connectivity index (χ3n) is 6.03. The number of aromatic nitrogens is 3. The zero-order valence-electron chi connectivity index (χ0n) is 19.0. The minimum absolute atomic E-state index is 0.137. The molecule has 34 heavy (non-hydrogen) atoms. The Morgan fingerprint density at radius 1 is 1.26 bits per heavy atom. The lowest BCUT2D eigenvalue weighted by Crippen LogP contribution is -2.33. The van der Waals surface area contributed by atoms with Gasteiger partial charge in [-0.3, -0.25) is 24.5 Å². The largest absolute Gasteiger partial charge is 0.422 e. The molecule has 3 aromatic rings. The van der Waals surface area contributed by atoms with E-state index >= 15 is 0 Å². The second kappa shape index (κ2) is 9.02. The standard InChI is InChI=1S/C24H24F3N5O2/c1-13-11-32(7-6-17(13)16-4-5-18(29-10-16)22(33)28-3)12-15-8-19-21(30-9-15)14(2)20(23(34)31-19)24(25,26)27/h4-6,8-10,13H,7,11-12H2,1-3H3,(H,28,33)(H,31,34). The predicted octanol–water partition coefficient (Wildman–Crippen LogP) is 3.54. The Morgan fingerprint density at radius 3 is 2.65 bits per heavy atom. The maximum Gasteiger partial charge on any atom is 0.422 e. The van der Waals surface area contributed by atoms with Crippen molar-refractivity contribution in [1.82, 2.24) is 25.2 Å². The summed E-state index contributed by atoms with van der Waals surface area (Å²) in [4.78, 5) is 36.7. The summed E-state index contributed by atoms with van der Waals surface area (Å²) in [7, 11) is 1.56. The molecule has 1 amide bonds. The molecule has 4 rings (SSSR count). The van der Waals surface area contributed by atoms with Crippen LogP contribution in [0.4, 0.5) is 13.2 Å². The third-order valence-corrected chi connectivity index (χ3v) is 6.03. The van der Waals surface area contributed by atoms with Gasteiger partial charge in [0.2, 0.25) is 0 Å². The number of rotatable bonds is 4. The summed E-state index contributed by atoms with van der Waals surface area (Å²) >= 11 is 0. The van der Waals surface area contributed by atoms with Gasteiger partial charge in [-0.2, -0.15) is 13.2 Å². The monoisotopic (exact) mass is 471 g/mol. The molecule has 3 aromatic heterocycles. The lowest BCUT2D eigenvalue weighted by atomic mass is 9.91. The molecule has 7 nitrogen and oxygen atoms in total. The van der Waals surface area contributed by atoms with Crippen LogP contribution >= 0.6 is 0 Å². The number of alkyl halides is 3. The van der Waals surface area contributed by atoms with Crippen LogP contribution in [0.3, 0.4) is 0 Å². The highest BCUT2D eigenvalue weighted by Gasteiger charge is 2.36. The van der Waals surface area contributed by atoms with Crippen molar-refractivity contribution in [3.05, 3.63) is 75.0 Å². The Balaban J connectivity index is 1.53. The maximum atomic E-state index is 13.2. The van der Waals surface area contributed by atoms with Crippen molar-refractivity contribution in [3.8, 4) is 0 Å². The summed E-state index contributed by atoms with van der Waals surface area (Å²) in [5.74, 6) is -0.0372. The van der Waals surface area contributed by atoms with E-state index in [4.69, 9.17) is 0 Å². The smallest absolute Gasteiger partial charge is 0.354 e. The van der Waals surface area contributed by atoms with Gasteiger partial charge in [0.15, 0.2) is 0 Å². The number of H-pyrrole nitrogens is 1. The molecule has 0 fully saturated rings. The number of amides is 1. The molecule has 1 unspecified atom stereocenters. The normalized spacial score (nSPS) is 17.0. The van der Waals surface area contributed by atoms with E-state index in [-0.39, 0.29) is 28.4 Å². The van der Waals surface area contributed by atoms with Crippen LogP contribution in [0, 0.1) is 12.8 Å². The number of carbonyl (C=O) groups excluding carboxylic acids is 1. The first-order valence-corrected chi connectivity index (χ1v) is 10.8. The van der Waals surface area contributed by atoms with Crippen LogP contribution < -0.4 is 10.9 Å². The highest BCUT2D eigenvalue weighted by molar-refractivity contribution is 5.92. The molecule has 2 N–H and O–H groups in total. The highest BCUT2D eigenvalue weighted by Crippen LogP contribution is 2.32. The fraction of sp³-hybridized carbons (Fsp3) is 0.333. The Morgan fingerprint density at radius 2 is 2.03 bits per heavy atom. The average molecular weight is 471 g/mol. The quantitative estimate of drug-likeness (QED) is 0.608. The van der Waals surface area contributed by atoms with E-state index in [0.29, 0.717) is 18.8 Å². The first kappa shape index (κ1) is 23.6. The van der Waals surface area contributed by atoms with Crippen molar-refractivity contribution >= 4 is 22.5 Å². The van der Waals surface area contributed by atoms with E-state index in [1.54, 1.807) is 31.6 Å². The number of nitrogens with one attached hydrogen (secondary N) is 2. The molecule has 1 atom stereocenters. The van der Waals surface area contributed by atoms with Crippen LogP contribution in [0.5, 0.6) is 0 Å². The van der Waals surface area contributed by atoms with Crippen LogP contribution in [-0.4, -0.2) is 45.9 Å². The van der Waals surface area contributed by atoms with Gasteiger partial charge in [-0.05, 0) is 47.2 Å². The maximum absolute atomic E-state index is 13.2. The van der Waals surface area contributed by atoms with E-state index in [0.717, 1.165) is 23.2 Å². The Bertz CT molecular complexity index is 1330.